The van der Waals surface area contributed by atoms with Crippen LogP contribution >= 0.6 is 11.8 Å². The van der Waals surface area contributed by atoms with Crippen molar-refractivity contribution < 1.29 is 9.59 Å². The van der Waals surface area contributed by atoms with Gasteiger partial charge in [-0.05, 0) is 49.6 Å². The third-order valence-corrected chi connectivity index (χ3v) is 5.90. The van der Waals surface area contributed by atoms with Gasteiger partial charge in [-0.25, -0.2) is 0 Å². The normalized spacial score (nSPS) is 16.6. The molecule has 27 heavy (non-hydrogen) atoms. The second-order valence-electron chi connectivity index (χ2n) is 6.99. The maximum absolute atomic E-state index is 12.6. The van der Waals surface area contributed by atoms with E-state index in [9.17, 15) is 9.59 Å². The van der Waals surface area contributed by atoms with E-state index in [1.54, 1.807) is 11.8 Å². The summed E-state index contributed by atoms with van der Waals surface area (Å²) in [7, 11) is 0. The van der Waals surface area contributed by atoms with Crippen molar-refractivity contribution in [1.82, 2.24) is 0 Å². The van der Waals surface area contributed by atoms with Gasteiger partial charge in [-0.15, -0.1) is 11.8 Å². The molecule has 1 heterocycles. The number of amides is 2. The predicted molar refractivity (Wildman–Crippen MR) is 113 cm³/mol. The van der Waals surface area contributed by atoms with Crippen LogP contribution < -0.4 is 10.2 Å². The molecular formula is C22H26N2O2S. The minimum atomic E-state index is -0.0774. The van der Waals surface area contributed by atoms with E-state index in [1.807, 2.05) is 48.2 Å². The number of nitrogens with zero attached hydrogens (tertiary/aromatic N) is 1. The number of rotatable bonds is 6. The highest BCUT2D eigenvalue weighted by Gasteiger charge is 2.34. The van der Waals surface area contributed by atoms with Crippen LogP contribution in [0, 0.1) is 13.8 Å². The second-order valence-corrected chi connectivity index (χ2v) is 8.06. The van der Waals surface area contributed by atoms with Gasteiger partial charge in [0, 0.05) is 17.8 Å². The monoisotopic (exact) mass is 382 g/mol. The number of anilines is 2. The van der Waals surface area contributed by atoms with E-state index in [4.69, 9.17) is 0 Å². The zero-order valence-electron chi connectivity index (χ0n) is 16.1. The topological polar surface area (TPSA) is 49.4 Å². The second kappa shape index (κ2) is 8.61. The molecule has 2 amide bonds. The number of nitrogens with one attached hydrogen (secondary N) is 1. The number of unbranched alkanes of at least 4 members (excludes halogenated alkanes) is 1. The summed E-state index contributed by atoms with van der Waals surface area (Å²) in [6.07, 6.45) is 2.42. The maximum Gasteiger partial charge on any atom is 0.238 e. The molecule has 0 bridgehead atoms. The zero-order chi connectivity index (χ0) is 19.4. The van der Waals surface area contributed by atoms with E-state index in [1.165, 1.54) is 5.56 Å². The average molecular weight is 383 g/mol. The van der Waals surface area contributed by atoms with Crippen molar-refractivity contribution in [3.8, 4) is 0 Å². The first-order chi connectivity index (χ1) is 13.0. The molecule has 1 aliphatic heterocycles. The van der Waals surface area contributed by atoms with Crippen molar-refractivity contribution in [2.24, 2.45) is 0 Å². The third-order valence-electron chi connectivity index (χ3n) is 4.69. The van der Waals surface area contributed by atoms with E-state index in [2.05, 4.69) is 25.2 Å². The number of hydrogen-bond donors (Lipinski definition) is 1. The summed E-state index contributed by atoms with van der Waals surface area (Å²) in [6.45, 7) is 6.17. The average Bonchev–Trinajstić information content (AvgIpc) is 3.02. The number of aryl methyl sites for hydroxylation is 2. The minimum absolute atomic E-state index is 0.0374. The van der Waals surface area contributed by atoms with Gasteiger partial charge >= 0.3 is 0 Å². The lowest BCUT2D eigenvalue weighted by atomic mass is 10.1. The van der Waals surface area contributed by atoms with Crippen LogP contribution in [-0.4, -0.2) is 17.6 Å². The first-order valence-electron chi connectivity index (χ1n) is 9.40. The first kappa shape index (κ1) is 19.5. The minimum Gasteiger partial charge on any atom is -0.326 e. The fourth-order valence-corrected chi connectivity index (χ4v) is 4.50. The van der Waals surface area contributed by atoms with Crippen molar-refractivity contribution >= 4 is 35.0 Å². The molecule has 0 aromatic heterocycles. The molecule has 1 atom stereocenters. The molecule has 142 valence electrons. The SMILES string of the molecule is CCCCC(=O)Nc1cccc(C2SCC(=O)N2c2ccc(C)cc2C)c1. The van der Waals surface area contributed by atoms with Gasteiger partial charge in [0.1, 0.15) is 5.37 Å². The van der Waals surface area contributed by atoms with E-state index >= 15 is 0 Å². The summed E-state index contributed by atoms with van der Waals surface area (Å²) in [5.41, 5.74) is 5.05. The van der Waals surface area contributed by atoms with E-state index in [0.29, 0.717) is 12.2 Å². The van der Waals surface area contributed by atoms with Gasteiger partial charge in [0.15, 0.2) is 0 Å². The Bertz CT molecular complexity index is 850. The van der Waals surface area contributed by atoms with Gasteiger partial charge < -0.3 is 5.32 Å². The smallest absolute Gasteiger partial charge is 0.238 e. The van der Waals surface area contributed by atoms with Crippen molar-refractivity contribution in [2.45, 2.75) is 45.4 Å². The van der Waals surface area contributed by atoms with Crippen LogP contribution in [0.4, 0.5) is 11.4 Å². The van der Waals surface area contributed by atoms with Gasteiger partial charge in [-0.3, -0.25) is 14.5 Å². The zero-order valence-corrected chi connectivity index (χ0v) is 16.9. The van der Waals surface area contributed by atoms with Crippen molar-refractivity contribution in [3.05, 3.63) is 59.2 Å². The summed E-state index contributed by atoms with van der Waals surface area (Å²) >= 11 is 1.62. The molecule has 0 radical (unpaired) electrons. The standard InChI is InChI=1S/C22H26N2O2S/c1-4-5-9-20(25)23-18-8-6-7-17(13-18)22-24(21(26)14-27-22)19-11-10-15(2)12-16(19)3/h6-8,10-13,22H,4-5,9,14H2,1-3H3,(H,23,25). The van der Waals surface area contributed by atoms with Crippen LogP contribution in [0.2, 0.25) is 0 Å². The Morgan fingerprint density at radius 3 is 2.78 bits per heavy atom. The van der Waals surface area contributed by atoms with Gasteiger partial charge in [-0.1, -0.05) is 43.2 Å². The molecule has 1 aliphatic rings. The summed E-state index contributed by atoms with van der Waals surface area (Å²) in [5, 5.41) is 2.90. The predicted octanol–water partition coefficient (Wildman–Crippen LogP) is 5.21. The fourth-order valence-electron chi connectivity index (χ4n) is 3.34. The Hall–Kier alpha value is -2.27. The molecule has 1 N–H and O–H groups in total. The van der Waals surface area contributed by atoms with Gasteiger partial charge in [0.2, 0.25) is 11.8 Å². The fraction of sp³-hybridized carbons (Fsp3) is 0.364. The highest BCUT2D eigenvalue weighted by atomic mass is 32.2. The molecular weight excluding hydrogens is 356 g/mol. The maximum atomic E-state index is 12.6. The third kappa shape index (κ3) is 4.53. The van der Waals surface area contributed by atoms with Crippen LogP contribution in [0.1, 0.15) is 48.3 Å². The highest BCUT2D eigenvalue weighted by Crippen LogP contribution is 2.43. The summed E-state index contributed by atoms with van der Waals surface area (Å²) < 4.78 is 0. The van der Waals surface area contributed by atoms with Crippen molar-refractivity contribution in [3.63, 3.8) is 0 Å². The Labute approximate surface area is 165 Å². The molecule has 2 aromatic rings. The molecule has 2 aromatic carbocycles. The van der Waals surface area contributed by atoms with E-state index in [0.717, 1.165) is 35.3 Å². The number of carbonyl (C=O) groups is 2. The molecule has 1 saturated heterocycles. The van der Waals surface area contributed by atoms with E-state index < -0.39 is 0 Å². The Kier molecular flexibility index (Phi) is 6.22. The molecule has 1 fully saturated rings. The van der Waals surface area contributed by atoms with Crippen molar-refractivity contribution in [2.75, 3.05) is 16.0 Å². The summed E-state index contributed by atoms with van der Waals surface area (Å²) in [6, 6.07) is 14.0. The summed E-state index contributed by atoms with van der Waals surface area (Å²) in [5.74, 6) is 0.621. The molecule has 4 nitrogen and oxygen atoms in total. The van der Waals surface area contributed by atoms with Crippen LogP contribution in [0.5, 0.6) is 0 Å². The summed E-state index contributed by atoms with van der Waals surface area (Å²) in [4.78, 5) is 26.5. The van der Waals surface area contributed by atoms with Gasteiger partial charge in [0.25, 0.3) is 0 Å². The van der Waals surface area contributed by atoms with Gasteiger partial charge in [0.05, 0.1) is 5.75 Å². The molecule has 3 rings (SSSR count). The largest absolute Gasteiger partial charge is 0.326 e. The van der Waals surface area contributed by atoms with Gasteiger partial charge in [-0.2, -0.15) is 0 Å². The Morgan fingerprint density at radius 2 is 2.04 bits per heavy atom. The lowest BCUT2D eigenvalue weighted by Gasteiger charge is -2.26. The lowest BCUT2D eigenvalue weighted by molar-refractivity contribution is -0.117. The lowest BCUT2D eigenvalue weighted by Crippen LogP contribution is -2.28. The van der Waals surface area contributed by atoms with Crippen LogP contribution in [0.15, 0.2) is 42.5 Å². The van der Waals surface area contributed by atoms with Crippen LogP contribution in [0.25, 0.3) is 0 Å². The van der Waals surface area contributed by atoms with Crippen LogP contribution in [0.3, 0.4) is 0 Å². The number of benzene rings is 2. The number of carbonyl (C=O) groups excluding carboxylic acids is 2. The van der Waals surface area contributed by atoms with E-state index in [-0.39, 0.29) is 17.2 Å². The van der Waals surface area contributed by atoms with Crippen molar-refractivity contribution in [1.29, 1.82) is 0 Å². The van der Waals surface area contributed by atoms with Crippen LogP contribution in [-0.2, 0) is 9.59 Å². The Morgan fingerprint density at radius 1 is 1.22 bits per heavy atom. The highest BCUT2D eigenvalue weighted by molar-refractivity contribution is 8.00. The molecule has 5 heteroatoms. The quantitative estimate of drug-likeness (QED) is 0.746. The molecule has 1 unspecified atom stereocenters. The first-order valence-corrected chi connectivity index (χ1v) is 10.4. The number of hydrogen-bond acceptors (Lipinski definition) is 3. The molecule has 0 aliphatic carbocycles. The molecule has 0 spiro atoms. The number of thioether (sulfide) groups is 1. The molecule has 0 saturated carbocycles. The Balaban J connectivity index is 1.85.